The fourth-order valence-corrected chi connectivity index (χ4v) is 4.08. The summed E-state index contributed by atoms with van der Waals surface area (Å²) in [5, 5.41) is 9.34. The van der Waals surface area contributed by atoms with Crippen LogP contribution in [0.15, 0.2) is 23.2 Å². The monoisotopic (exact) mass is 425 g/mol. The zero-order chi connectivity index (χ0) is 21.4. The van der Waals surface area contributed by atoms with Crippen molar-refractivity contribution in [3.05, 3.63) is 51.4 Å². The topological polar surface area (TPSA) is 96.2 Å². The Balaban J connectivity index is 1.60. The van der Waals surface area contributed by atoms with Gasteiger partial charge in [-0.15, -0.1) is 11.3 Å². The molecule has 1 aliphatic heterocycles. The van der Waals surface area contributed by atoms with Crippen molar-refractivity contribution in [1.29, 1.82) is 0 Å². The van der Waals surface area contributed by atoms with E-state index in [1.54, 1.807) is 34.6 Å². The number of carbonyl (C=O) groups excluding carboxylic acids is 2. The Morgan fingerprint density at radius 1 is 1.33 bits per heavy atom. The van der Waals surface area contributed by atoms with Gasteiger partial charge in [0.05, 0.1) is 41.2 Å². The quantitative estimate of drug-likeness (QED) is 0.673. The Morgan fingerprint density at radius 3 is 2.80 bits per heavy atom. The molecule has 0 spiro atoms. The molecular formula is C20H23N7O2S. The number of pyridine rings is 1. The average molecular weight is 426 g/mol. The Labute approximate surface area is 178 Å². The number of hydrogen-bond donors (Lipinski definition) is 1. The Morgan fingerprint density at radius 2 is 2.13 bits per heavy atom. The zero-order valence-corrected chi connectivity index (χ0v) is 18.2. The standard InChI is InChI=1S/C20H23N7O2S/c1-12-16(13(2)26(4)24-12)9-25(3)20(29)14-5-17-19(21-6-14)22-7-18(28)27(17)8-15-10-30-11-23-15/h5-6,10-11H,7-9H2,1-4H3,(H,21,22). The normalized spacial score (nSPS) is 13.2. The van der Waals surface area contributed by atoms with Crippen LogP contribution >= 0.6 is 11.3 Å². The molecule has 156 valence electrons. The highest BCUT2D eigenvalue weighted by Crippen LogP contribution is 2.30. The molecule has 30 heavy (non-hydrogen) atoms. The summed E-state index contributed by atoms with van der Waals surface area (Å²) in [5.41, 5.74) is 6.52. The molecule has 2 amide bonds. The second kappa shape index (κ2) is 7.86. The lowest BCUT2D eigenvalue weighted by molar-refractivity contribution is -0.117. The molecule has 0 radical (unpaired) electrons. The molecule has 3 aromatic rings. The molecule has 0 fully saturated rings. The minimum Gasteiger partial charge on any atom is -0.359 e. The number of fused-ring (bicyclic) bond motifs is 1. The molecule has 4 heterocycles. The van der Waals surface area contributed by atoms with E-state index in [4.69, 9.17) is 0 Å². The molecule has 0 atom stereocenters. The van der Waals surface area contributed by atoms with E-state index in [2.05, 4.69) is 20.4 Å². The molecule has 0 aliphatic carbocycles. The van der Waals surface area contributed by atoms with Gasteiger partial charge in [-0.2, -0.15) is 5.10 Å². The third-order valence-electron chi connectivity index (χ3n) is 5.32. The lowest BCUT2D eigenvalue weighted by atomic mass is 10.1. The van der Waals surface area contributed by atoms with Crippen LogP contribution in [0, 0.1) is 13.8 Å². The number of aryl methyl sites for hydroxylation is 2. The van der Waals surface area contributed by atoms with Crippen molar-refractivity contribution in [1.82, 2.24) is 24.6 Å². The SMILES string of the molecule is Cc1nn(C)c(C)c1CN(C)C(=O)c1cnc2c(c1)N(Cc1cscn1)C(=O)CN2. The number of anilines is 2. The summed E-state index contributed by atoms with van der Waals surface area (Å²) in [4.78, 5) is 37.5. The third kappa shape index (κ3) is 3.65. The van der Waals surface area contributed by atoms with Crippen molar-refractivity contribution in [2.24, 2.45) is 7.05 Å². The first-order valence-electron chi connectivity index (χ1n) is 9.51. The van der Waals surface area contributed by atoms with E-state index in [0.29, 0.717) is 30.2 Å². The van der Waals surface area contributed by atoms with Crippen molar-refractivity contribution in [2.75, 3.05) is 23.8 Å². The number of hydrogen-bond acceptors (Lipinski definition) is 7. The third-order valence-corrected chi connectivity index (χ3v) is 5.95. The van der Waals surface area contributed by atoms with Crippen molar-refractivity contribution < 1.29 is 9.59 Å². The van der Waals surface area contributed by atoms with Crippen LogP contribution in [-0.2, 0) is 24.9 Å². The molecule has 0 bridgehead atoms. The molecule has 3 aromatic heterocycles. The molecule has 4 rings (SSSR count). The summed E-state index contributed by atoms with van der Waals surface area (Å²) in [6.07, 6.45) is 1.55. The van der Waals surface area contributed by atoms with Gasteiger partial charge in [0.1, 0.15) is 0 Å². The van der Waals surface area contributed by atoms with Crippen LogP contribution in [0.2, 0.25) is 0 Å². The van der Waals surface area contributed by atoms with Crippen LogP contribution in [0.25, 0.3) is 0 Å². The summed E-state index contributed by atoms with van der Waals surface area (Å²) >= 11 is 1.48. The minimum atomic E-state index is -0.167. The van der Waals surface area contributed by atoms with Gasteiger partial charge >= 0.3 is 0 Å². The summed E-state index contributed by atoms with van der Waals surface area (Å²) in [6, 6.07) is 1.72. The van der Waals surface area contributed by atoms with Gasteiger partial charge in [-0.05, 0) is 19.9 Å². The first kappa shape index (κ1) is 20.0. The van der Waals surface area contributed by atoms with E-state index in [-0.39, 0.29) is 18.4 Å². The largest absolute Gasteiger partial charge is 0.359 e. The van der Waals surface area contributed by atoms with Crippen molar-refractivity contribution >= 4 is 34.7 Å². The number of carbonyl (C=O) groups is 2. The van der Waals surface area contributed by atoms with Crippen LogP contribution < -0.4 is 10.2 Å². The van der Waals surface area contributed by atoms with E-state index in [0.717, 1.165) is 22.6 Å². The number of nitrogens with one attached hydrogen (secondary N) is 1. The highest BCUT2D eigenvalue weighted by molar-refractivity contribution is 7.07. The van der Waals surface area contributed by atoms with Crippen molar-refractivity contribution in [2.45, 2.75) is 26.9 Å². The second-order valence-electron chi connectivity index (χ2n) is 7.34. The molecule has 1 aliphatic rings. The Bertz CT molecular complexity index is 1110. The number of rotatable bonds is 5. The van der Waals surface area contributed by atoms with Crippen LogP contribution in [0.5, 0.6) is 0 Å². The average Bonchev–Trinajstić information content (AvgIpc) is 3.33. The number of nitrogens with zero attached hydrogens (tertiary/aromatic N) is 6. The van der Waals surface area contributed by atoms with Gasteiger partial charge in [0.15, 0.2) is 5.82 Å². The van der Waals surface area contributed by atoms with E-state index in [9.17, 15) is 9.59 Å². The van der Waals surface area contributed by atoms with Gasteiger partial charge in [0, 0.05) is 43.5 Å². The summed E-state index contributed by atoms with van der Waals surface area (Å²) in [6.45, 7) is 4.88. The van der Waals surface area contributed by atoms with Gasteiger partial charge in [-0.3, -0.25) is 14.3 Å². The number of aromatic nitrogens is 4. The van der Waals surface area contributed by atoms with Crippen molar-refractivity contribution in [3.8, 4) is 0 Å². The molecule has 1 N–H and O–H groups in total. The molecule has 9 nitrogen and oxygen atoms in total. The van der Waals surface area contributed by atoms with Crippen LogP contribution in [0.1, 0.15) is 33.0 Å². The highest BCUT2D eigenvalue weighted by Gasteiger charge is 2.27. The van der Waals surface area contributed by atoms with Crippen LogP contribution in [0.4, 0.5) is 11.5 Å². The maximum Gasteiger partial charge on any atom is 0.255 e. The van der Waals surface area contributed by atoms with Gasteiger partial charge < -0.3 is 15.1 Å². The van der Waals surface area contributed by atoms with Gasteiger partial charge in [0.25, 0.3) is 5.91 Å². The summed E-state index contributed by atoms with van der Waals surface area (Å²) in [7, 11) is 3.64. The predicted molar refractivity (Wildman–Crippen MR) is 115 cm³/mol. The summed E-state index contributed by atoms with van der Waals surface area (Å²) < 4.78 is 1.82. The zero-order valence-electron chi connectivity index (χ0n) is 17.3. The van der Waals surface area contributed by atoms with E-state index in [1.165, 1.54) is 11.3 Å². The van der Waals surface area contributed by atoms with Crippen LogP contribution in [-0.4, -0.2) is 50.1 Å². The molecule has 0 unspecified atom stereocenters. The van der Waals surface area contributed by atoms with Gasteiger partial charge in [0.2, 0.25) is 5.91 Å². The maximum absolute atomic E-state index is 13.1. The van der Waals surface area contributed by atoms with E-state index >= 15 is 0 Å². The number of amides is 2. The molecule has 0 aromatic carbocycles. The smallest absolute Gasteiger partial charge is 0.255 e. The fourth-order valence-electron chi connectivity index (χ4n) is 3.53. The Kier molecular flexibility index (Phi) is 5.25. The first-order chi connectivity index (χ1) is 14.3. The molecule has 0 saturated carbocycles. The Hall–Kier alpha value is -3.27. The molecular weight excluding hydrogens is 402 g/mol. The van der Waals surface area contributed by atoms with Crippen molar-refractivity contribution in [3.63, 3.8) is 0 Å². The second-order valence-corrected chi connectivity index (χ2v) is 8.06. The van der Waals surface area contributed by atoms with E-state index in [1.807, 2.05) is 31.0 Å². The minimum absolute atomic E-state index is 0.0862. The maximum atomic E-state index is 13.1. The van der Waals surface area contributed by atoms with E-state index < -0.39 is 0 Å². The molecule has 0 saturated heterocycles. The van der Waals surface area contributed by atoms with Gasteiger partial charge in [-0.25, -0.2) is 9.97 Å². The fraction of sp³-hybridized carbons (Fsp3) is 0.350. The van der Waals surface area contributed by atoms with Gasteiger partial charge in [-0.1, -0.05) is 0 Å². The lowest BCUT2D eigenvalue weighted by Crippen LogP contribution is -2.40. The number of thiazole rings is 1. The predicted octanol–water partition coefficient (Wildman–Crippen LogP) is 2.12. The molecule has 10 heteroatoms. The lowest BCUT2D eigenvalue weighted by Gasteiger charge is -2.29. The van der Waals surface area contributed by atoms with Crippen LogP contribution in [0.3, 0.4) is 0 Å². The highest BCUT2D eigenvalue weighted by atomic mass is 32.1. The first-order valence-corrected chi connectivity index (χ1v) is 10.4. The summed E-state index contributed by atoms with van der Waals surface area (Å²) in [5.74, 6) is 0.333.